The minimum absolute atomic E-state index is 0.236. The highest BCUT2D eigenvalue weighted by Gasteiger charge is 2.40. The van der Waals surface area contributed by atoms with E-state index in [1.165, 1.54) is 0 Å². The highest BCUT2D eigenvalue weighted by molar-refractivity contribution is 5.91. The van der Waals surface area contributed by atoms with E-state index in [2.05, 4.69) is 19.5 Å². The molecule has 0 unspecified atom stereocenters. The molecule has 9 nitrogen and oxygen atoms in total. The summed E-state index contributed by atoms with van der Waals surface area (Å²) in [5.41, 5.74) is 0. The fourth-order valence-electron chi connectivity index (χ4n) is 2.21. The number of ether oxygens (including phenoxy) is 4. The first-order chi connectivity index (χ1) is 10.9. The Morgan fingerprint density at radius 3 is 2.22 bits per heavy atom. The first-order valence-corrected chi connectivity index (χ1v) is 7.05. The normalized spacial score (nSPS) is 19.3. The maximum atomic E-state index is 12.2. The predicted molar refractivity (Wildman–Crippen MR) is 75.0 cm³/mol. The van der Waals surface area contributed by atoms with Gasteiger partial charge in [-0.25, -0.2) is 4.79 Å². The van der Waals surface area contributed by atoms with Crippen molar-refractivity contribution in [2.75, 3.05) is 34.5 Å². The van der Waals surface area contributed by atoms with Gasteiger partial charge in [-0.05, 0) is 6.42 Å². The standard InChI is InChI=1S/C14H21NO8/c1-20-10(16)6-9(13(18)21-2)11(14(19)22-3)15-12(17)8-4-5-23-7-8/h8-9,11H,4-7H2,1-3H3,(H,15,17)/t8-,9+,11+/m1/s1. The molecule has 23 heavy (non-hydrogen) atoms. The maximum absolute atomic E-state index is 12.2. The molecule has 1 saturated heterocycles. The van der Waals surface area contributed by atoms with Gasteiger partial charge in [0.25, 0.3) is 0 Å². The largest absolute Gasteiger partial charge is 0.469 e. The molecule has 1 fully saturated rings. The van der Waals surface area contributed by atoms with Crippen molar-refractivity contribution in [3.05, 3.63) is 0 Å². The van der Waals surface area contributed by atoms with Crippen LogP contribution in [0.4, 0.5) is 0 Å². The minimum atomic E-state index is -1.35. The highest BCUT2D eigenvalue weighted by atomic mass is 16.5. The fourth-order valence-corrected chi connectivity index (χ4v) is 2.21. The zero-order valence-electron chi connectivity index (χ0n) is 13.3. The third-order valence-electron chi connectivity index (χ3n) is 3.57. The van der Waals surface area contributed by atoms with E-state index in [0.717, 1.165) is 21.3 Å². The molecule has 1 aliphatic heterocycles. The molecule has 3 atom stereocenters. The van der Waals surface area contributed by atoms with Crippen molar-refractivity contribution in [2.45, 2.75) is 18.9 Å². The van der Waals surface area contributed by atoms with Crippen LogP contribution in [-0.2, 0) is 38.1 Å². The van der Waals surface area contributed by atoms with Crippen LogP contribution in [0.25, 0.3) is 0 Å². The van der Waals surface area contributed by atoms with Crippen LogP contribution in [0.15, 0.2) is 0 Å². The van der Waals surface area contributed by atoms with E-state index in [1.54, 1.807) is 0 Å². The zero-order valence-corrected chi connectivity index (χ0v) is 13.3. The molecule has 0 bridgehead atoms. The van der Waals surface area contributed by atoms with E-state index in [-0.39, 0.29) is 6.61 Å². The van der Waals surface area contributed by atoms with Crippen molar-refractivity contribution in [3.8, 4) is 0 Å². The van der Waals surface area contributed by atoms with Crippen molar-refractivity contribution < 1.29 is 38.1 Å². The van der Waals surface area contributed by atoms with Gasteiger partial charge >= 0.3 is 17.9 Å². The summed E-state index contributed by atoms with van der Waals surface area (Å²) in [6, 6.07) is -1.35. The summed E-state index contributed by atoms with van der Waals surface area (Å²) in [7, 11) is 3.39. The number of methoxy groups -OCH3 is 3. The average molecular weight is 331 g/mol. The Morgan fingerprint density at radius 1 is 1.09 bits per heavy atom. The molecule has 0 saturated carbocycles. The van der Waals surface area contributed by atoms with Crippen molar-refractivity contribution in [1.82, 2.24) is 5.32 Å². The number of nitrogens with one attached hydrogen (secondary N) is 1. The van der Waals surface area contributed by atoms with Gasteiger partial charge in [0.1, 0.15) is 6.04 Å². The Morgan fingerprint density at radius 2 is 1.74 bits per heavy atom. The third kappa shape index (κ3) is 5.20. The monoisotopic (exact) mass is 331 g/mol. The predicted octanol–water partition coefficient (Wildman–Crippen LogP) is -0.967. The van der Waals surface area contributed by atoms with E-state index in [0.29, 0.717) is 13.0 Å². The zero-order chi connectivity index (χ0) is 17.4. The van der Waals surface area contributed by atoms with E-state index < -0.39 is 48.1 Å². The molecule has 0 aromatic carbocycles. The summed E-state index contributed by atoms with van der Waals surface area (Å²) in [5, 5.41) is 2.45. The third-order valence-corrected chi connectivity index (χ3v) is 3.57. The number of carbonyl (C=O) groups is 4. The summed E-state index contributed by atoms with van der Waals surface area (Å²) in [6.45, 7) is 0.684. The van der Waals surface area contributed by atoms with Gasteiger partial charge in [-0.3, -0.25) is 14.4 Å². The molecule has 1 aliphatic rings. The molecule has 130 valence electrons. The van der Waals surface area contributed by atoms with Gasteiger partial charge in [0, 0.05) is 6.61 Å². The second-order valence-electron chi connectivity index (χ2n) is 4.98. The summed E-state index contributed by atoms with van der Waals surface area (Å²) < 4.78 is 18.9. The molecule has 0 aliphatic carbocycles. The van der Waals surface area contributed by atoms with Crippen LogP contribution in [0.1, 0.15) is 12.8 Å². The SMILES string of the molecule is COC(=O)C[C@H](C(=O)OC)[C@H](NC(=O)[C@@H]1CCOC1)C(=O)OC. The van der Waals surface area contributed by atoms with Crippen LogP contribution in [0.2, 0.25) is 0 Å². The molecule has 1 N–H and O–H groups in total. The molecular formula is C14H21NO8. The van der Waals surface area contributed by atoms with Crippen molar-refractivity contribution in [1.29, 1.82) is 0 Å². The second-order valence-corrected chi connectivity index (χ2v) is 4.98. The van der Waals surface area contributed by atoms with Gasteiger partial charge in [0.15, 0.2) is 0 Å². The lowest BCUT2D eigenvalue weighted by molar-refractivity contribution is -0.159. The highest BCUT2D eigenvalue weighted by Crippen LogP contribution is 2.17. The van der Waals surface area contributed by atoms with Crippen LogP contribution in [-0.4, -0.2) is 64.4 Å². The number of rotatable bonds is 7. The van der Waals surface area contributed by atoms with Crippen molar-refractivity contribution >= 4 is 23.8 Å². The summed E-state index contributed by atoms with van der Waals surface area (Å²) in [5.74, 6) is -4.50. The smallest absolute Gasteiger partial charge is 0.329 e. The molecule has 0 aromatic heterocycles. The van der Waals surface area contributed by atoms with Crippen LogP contribution < -0.4 is 5.32 Å². The molecule has 0 aromatic rings. The number of amides is 1. The van der Waals surface area contributed by atoms with E-state index in [1.807, 2.05) is 0 Å². The van der Waals surface area contributed by atoms with Crippen molar-refractivity contribution in [2.24, 2.45) is 11.8 Å². The lowest BCUT2D eigenvalue weighted by Crippen LogP contribution is -2.51. The van der Waals surface area contributed by atoms with E-state index in [9.17, 15) is 19.2 Å². The van der Waals surface area contributed by atoms with Gasteiger partial charge in [0.05, 0.1) is 46.2 Å². The van der Waals surface area contributed by atoms with E-state index in [4.69, 9.17) is 4.74 Å². The van der Waals surface area contributed by atoms with Gasteiger partial charge in [-0.2, -0.15) is 0 Å². The fraction of sp³-hybridized carbons (Fsp3) is 0.714. The maximum Gasteiger partial charge on any atom is 0.329 e. The second kappa shape index (κ2) is 9.09. The van der Waals surface area contributed by atoms with Crippen LogP contribution in [0.5, 0.6) is 0 Å². The lowest BCUT2D eigenvalue weighted by Gasteiger charge is -2.24. The molecular weight excluding hydrogens is 310 g/mol. The molecule has 9 heteroatoms. The number of esters is 3. The Kier molecular flexibility index (Phi) is 7.46. The lowest BCUT2D eigenvalue weighted by atomic mass is 9.95. The first kappa shape index (κ1) is 18.9. The Balaban J connectivity index is 2.93. The minimum Gasteiger partial charge on any atom is -0.469 e. The van der Waals surface area contributed by atoms with Gasteiger partial charge in [-0.1, -0.05) is 0 Å². The number of hydrogen-bond donors (Lipinski definition) is 1. The van der Waals surface area contributed by atoms with Crippen LogP contribution in [0.3, 0.4) is 0 Å². The van der Waals surface area contributed by atoms with Crippen LogP contribution >= 0.6 is 0 Å². The summed E-state index contributed by atoms with van der Waals surface area (Å²) >= 11 is 0. The average Bonchev–Trinajstić information content (AvgIpc) is 3.10. The number of hydrogen-bond acceptors (Lipinski definition) is 8. The van der Waals surface area contributed by atoms with Gasteiger partial charge in [-0.15, -0.1) is 0 Å². The molecule has 1 heterocycles. The Hall–Kier alpha value is -2.16. The topological polar surface area (TPSA) is 117 Å². The molecule has 0 radical (unpaired) electrons. The quantitative estimate of drug-likeness (QED) is 0.468. The van der Waals surface area contributed by atoms with Crippen LogP contribution in [0, 0.1) is 11.8 Å². The molecule has 1 amide bonds. The number of carbonyl (C=O) groups excluding carboxylic acids is 4. The molecule has 0 spiro atoms. The summed E-state index contributed by atoms with van der Waals surface area (Å²) in [6.07, 6.45) is 0.0873. The summed E-state index contributed by atoms with van der Waals surface area (Å²) in [4.78, 5) is 47.5. The van der Waals surface area contributed by atoms with Gasteiger partial charge < -0.3 is 24.3 Å². The first-order valence-electron chi connectivity index (χ1n) is 7.05. The Labute approximate surface area is 133 Å². The van der Waals surface area contributed by atoms with E-state index >= 15 is 0 Å². The molecule has 1 rings (SSSR count). The van der Waals surface area contributed by atoms with Crippen molar-refractivity contribution in [3.63, 3.8) is 0 Å². The van der Waals surface area contributed by atoms with Gasteiger partial charge in [0.2, 0.25) is 5.91 Å². The Bertz CT molecular complexity index is 458.